The van der Waals surface area contributed by atoms with Crippen LogP contribution in [0.25, 0.3) is 0 Å². The number of carbonyl (C=O) groups excluding carboxylic acids is 2. The number of benzene rings is 1. The molecule has 3 amide bonds. The SMILES string of the molecule is CC(C)Cc1ccc([C@@H]([NH2+][C@@H](C)C(=O)NC(N)=O)c2cccs2)cc1. The summed E-state index contributed by atoms with van der Waals surface area (Å²) < 4.78 is 0. The van der Waals surface area contributed by atoms with Gasteiger partial charge in [0, 0.05) is 5.56 Å². The van der Waals surface area contributed by atoms with Crippen molar-refractivity contribution in [1.82, 2.24) is 5.32 Å². The molecule has 1 aromatic heterocycles. The fourth-order valence-corrected chi connectivity index (χ4v) is 3.61. The third kappa shape index (κ3) is 5.69. The van der Waals surface area contributed by atoms with Crippen LogP contribution in [0.15, 0.2) is 41.8 Å². The Balaban J connectivity index is 2.19. The maximum Gasteiger partial charge on any atom is 0.319 e. The largest absolute Gasteiger partial charge is 0.351 e. The molecule has 6 heteroatoms. The summed E-state index contributed by atoms with van der Waals surface area (Å²) in [7, 11) is 0. The van der Waals surface area contributed by atoms with Crippen molar-refractivity contribution in [3.63, 3.8) is 0 Å². The summed E-state index contributed by atoms with van der Waals surface area (Å²) in [6.07, 6.45) is 1.05. The molecule has 0 aliphatic heterocycles. The smallest absolute Gasteiger partial charge is 0.319 e. The second-order valence-electron chi connectivity index (χ2n) is 6.67. The molecule has 2 atom stereocenters. The Morgan fingerprint density at radius 3 is 2.36 bits per heavy atom. The number of hydrogen-bond acceptors (Lipinski definition) is 3. The summed E-state index contributed by atoms with van der Waals surface area (Å²) >= 11 is 1.65. The first-order valence-corrected chi connectivity index (χ1v) is 9.32. The molecule has 0 unspecified atom stereocenters. The summed E-state index contributed by atoms with van der Waals surface area (Å²) in [4.78, 5) is 24.1. The first-order chi connectivity index (χ1) is 11.9. The zero-order valence-electron chi connectivity index (χ0n) is 14.9. The number of hydrogen-bond donors (Lipinski definition) is 3. The Morgan fingerprint density at radius 1 is 1.16 bits per heavy atom. The fourth-order valence-electron chi connectivity index (χ4n) is 2.78. The van der Waals surface area contributed by atoms with Gasteiger partial charge in [0.05, 0.1) is 4.88 Å². The molecule has 2 rings (SSSR count). The predicted molar refractivity (Wildman–Crippen MR) is 100 cm³/mol. The number of quaternary nitrogens is 1. The highest BCUT2D eigenvalue weighted by molar-refractivity contribution is 7.10. The molecule has 25 heavy (non-hydrogen) atoms. The standard InChI is InChI=1S/C19H25N3O2S/c1-12(2)11-14-6-8-15(9-7-14)17(16-5-4-10-25-16)21-13(3)18(23)22-19(20)24/h4-10,12-13,17,21H,11H2,1-3H3,(H3,20,22,23,24)/p+1/t13-,17+/m0/s1. The second-order valence-corrected chi connectivity index (χ2v) is 7.65. The van der Waals surface area contributed by atoms with E-state index in [9.17, 15) is 9.59 Å². The van der Waals surface area contributed by atoms with Crippen molar-refractivity contribution in [3.8, 4) is 0 Å². The number of imide groups is 1. The van der Waals surface area contributed by atoms with E-state index in [1.807, 2.05) is 16.8 Å². The molecule has 0 radical (unpaired) electrons. The lowest BCUT2D eigenvalue weighted by molar-refractivity contribution is -0.704. The Bertz CT molecular complexity index is 696. The molecular weight excluding hydrogens is 334 g/mol. The average Bonchev–Trinajstić information content (AvgIpc) is 3.06. The van der Waals surface area contributed by atoms with Crippen LogP contribution >= 0.6 is 11.3 Å². The van der Waals surface area contributed by atoms with Crippen LogP contribution in [0.4, 0.5) is 4.79 Å². The first kappa shape index (κ1) is 19.1. The van der Waals surface area contributed by atoms with Crippen LogP contribution in [0.3, 0.4) is 0 Å². The highest BCUT2D eigenvalue weighted by atomic mass is 32.1. The van der Waals surface area contributed by atoms with Crippen LogP contribution in [0, 0.1) is 5.92 Å². The monoisotopic (exact) mass is 360 g/mol. The molecule has 0 bridgehead atoms. The predicted octanol–water partition coefficient (Wildman–Crippen LogP) is 2.18. The first-order valence-electron chi connectivity index (χ1n) is 8.44. The second kappa shape index (κ2) is 8.78. The minimum Gasteiger partial charge on any atom is -0.351 e. The molecule has 0 saturated heterocycles. The molecule has 134 valence electrons. The highest BCUT2D eigenvalue weighted by Gasteiger charge is 2.26. The van der Waals surface area contributed by atoms with E-state index in [0.717, 1.165) is 16.9 Å². The van der Waals surface area contributed by atoms with E-state index in [1.54, 1.807) is 18.3 Å². The third-order valence-electron chi connectivity index (χ3n) is 3.97. The molecule has 0 aliphatic carbocycles. The van der Waals surface area contributed by atoms with E-state index >= 15 is 0 Å². The van der Waals surface area contributed by atoms with Gasteiger partial charge in [-0.15, -0.1) is 11.3 Å². The van der Waals surface area contributed by atoms with E-state index in [0.29, 0.717) is 5.92 Å². The van der Waals surface area contributed by atoms with Crippen molar-refractivity contribution in [2.75, 3.05) is 0 Å². The minimum absolute atomic E-state index is 0.00160. The molecule has 2 aromatic rings. The summed E-state index contributed by atoms with van der Waals surface area (Å²) in [6.45, 7) is 6.18. The molecular formula is C19H26N3O2S+. The van der Waals surface area contributed by atoms with Gasteiger partial charge in [0.1, 0.15) is 6.04 Å². The number of primary amides is 1. The van der Waals surface area contributed by atoms with Crippen LogP contribution in [0.2, 0.25) is 0 Å². The van der Waals surface area contributed by atoms with Crippen LogP contribution in [-0.4, -0.2) is 18.0 Å². The average molecular weight is 361 g/mol. The molecule has 5 nitrogen and oxygen atoms in total. The summed E-state index contributed by atoms with van der Waals surface area (Å²) in [5.41, 5.74) is 7.48. The van der Waals surface area contributed by atoms with Crippen molar-refractivity contribution in [3.05, 3.63) is 57.8 Å². The minimum atomic E-state index is -0.823. The van der Waals surface area contributed by atoms with Gasteiger partial charge < -0.3 is 11.1 Å². The zero-order chi connectivity index (χ0) is 18.4. The Kier molecular flexibility index (Phi) is 6.73. The Labute approximate surface area is 152 Å². The summed E-state index contributed by atoms with van der Waals surface area (Å²) in [5.74, 6) is 0.230. The number of carbonyl (C=O) groups is 2. The number of thiophene rings is 1. The van der Waals surface area contributed by atoms with Crippen molar-refractivity contribution in [1.29, 1.82) is 0 Å². The molecule has 1 heterocycles. The van der Waals surface area contributed by atoms with Gasteiger partial charge in [-0.25, -0.2) is 4.79 Å². The number of urea groups is 1. The summed E-state index contributed by atoms with van der Waals surface area (Å²) in [5, 5.41) is 6.13. The van der Waals surface area contributed by atoms with Gasteiger partial charge in [-0.2, -0.15) is 0 Å². The number of amides is 3. The quantitative estimate of drug-likeness (QED) is 0.706. The van der Waals surface area contributed by atoms with Crippen molar-refractivity contribution < 1.29 is 14.9 Å². The molecule has 0 spiro atoms. The topological polar surface area (TPSA) is 88.8 Å². The maximum atomic E-state index is 12.0. The van der Waals surface area contributed by atoms with Crippen LogP contribution in [0.5, 0.6) is 0 Å². The zero-order valence-corrected chi connectivity index (χ0v) is 15.7. The molecule has 1 aromatic carbocycles. The van der Waals surface area contributed by atoms with E-state index in [-0.39, 0.29) is 11.9 Å². The van der Waals surface area contributed by atoms with Crippen molar-refractivity contribution in [2.24, 2.45) is 11.7 Å². The highest BCUT2D eigenvalue weighted by Crippen LogP contribution is 2.23. The van der Waals surface area contributed by atoms with Gasteiger partial charge in [0.15, 0.2) is 6.04 Å². The lowest BCUT2D eigenvalue weighted by Crippen LogP contribution is -2.92. The fraction of sp³-hybridized carbons (Fsp3) is 0.368. The lowest BCUT2D eigenvalue weighted by Gasteiger charge is -2.19. The molecule has 5 N–H and O–H groups in total. The van der Waals surface area contributed by atoms with Gasteiger partial charge in [-0.05, 0) is 36.3 Å². The Morgan fingerprint density at radius 2 is 1.84 bits per heavy atom. The molecule has 0 aliphatic rings. The van der Waals surface area contributed by atoms with Gasteiger partial charge in [0.2, 0.25) is 0 Å². The van der Waals surface area contributed by atoms with Gasteiger partial charge in [-0.1, -0.05) is 44.2 Å². The van der Waals surface area contributed by atoms with E-state index in [4.69, 9.17) is 5.73 Å². The summed E-state index contributed by atoms with van der Waals surface area (Å²) in [6, 6.07) is 11.4. The van der Waals surface area contributed by atoms with Gasteiger partial charge in [0.25, 0.3) is 5.91 Å². The van der Waals surface area contributed by atoms with E-state index in [1.165, 1.54) is 5.56 Å². The van der Waals surface area contributed by atoms with Crippen LogP contribution < -0.4 is 16.4 Å². The van der Waals surface area contributed by atoms with Crippen LogP contribution in [-0.2, 0) is 11.2 Å². The normalized spacial score (nSPS) is 13.4. The molecule has 0 fully saturated rings. The lowest BCUT2D eigenvalue weighted by atomic mass is 9.98. The Hall–Kier alpha value is -2.18. The van der Waals surface area contributed by atoms with Crippen molar-refractivity contribution >= 4 is 23.3 Å². The molecule has 0 saturated carbocycles. The number of nitrogens with one attached hydrogen (secondary N) is 1. The van der Waals surface area contributed by atoms with E-state index in [2.05, 4.69) is 49.5 Å². The van der Waals surface area contributed by atoms with Crippen LogP contribution in [0.1, 0.15) is 42.8 Å². The maximum absolute atomic E-state index is 12.0. The van der Waals surface area contributed by atoms with Crippen molar-refractivity contribution in [2.45, 2.75) is 39.3 Å². The van der Waals surface area contributed by atoms with E-state index < -0.39 is 12.1 Å². The third-order valence-corrected chi connectivity index (χ3v) is 4.93. The van der Waals surface area contributed by atoms with Gasteiger partial charge in [-0.3, -0.25) is 10.1 Å². The number of rotatable bonds is 7. The van der Waals surface area contributed by atoms with Gasteiger partial charge >= 0.3 is 6.03 Å². The number of nitrogens with two attached hydrogens (primary N) is 2.